The minimum atomic E-state index is -2.75. The number of methoxy groups -OCH3 is 2. The molecule has 0 spiro atoms. The molecule has 6 atom stereocenters. The molecule has 0 unspecified atom stereocenters. The molecule has 4 rings (SSSR count). The third-order valence-electron chi connectivity index (χ3n) is 8.38. The van der Waals surface area contributed by atoms with Gasteiger partial charge in [0.15, 0.2) is 17.8 Å². The quantitative estimate of drug-likeness (QED) is 0.312. The molecule has 0 amide bonds. The Morgan fingerprint density at radius 1 is 0.833 bits per heavy atom. The number of hydrogen-bond acceptors (Lipinski definition) is 7. The van der Waals surface area contributed by atoms with Gasteiger partial charge in [-0.3, -0.25) is 0 Å². The molecule has 0 bridgehead atoms. The summed E-state index contributed by atoms with van der Waals surface area (Å²) in [7, 11) is 0.414. The lowest BCUT2D eigenvalue weighted by molar-refractivity contribution is -0.299. The summed E-state index contributed by atoms with van der Waals surface area (Å²) in [5.74, 6) is 0.892. The lowest BCUT2D eigenvalue weighted by atomic mass is 9.86. The molecule has 2 N–H and O–H groups in total. The number of benzene rings is 3. The van der Waals surface area contributed by atoms with Crippen LogP contribution in [0.2, 0.25) is 5.04 Å². The highest BCUT2D eigenvalue weighted by Crippen LogP contribution is 2.41. The maximum atomic E-state index is 10.8. The van der Waals surface area contributed by atoms with Crippen molar-refractivity contribution in [1.82, 2.24) is 0 Å². The highest BCUT2D eigenvalue weighted by molar-refractivity contribution is 6.99. The van der Waals surface area contributed by atoms with Crippen molar-refractivity contribution in [2.24, 2.45) is 11.8 Å². The molecule has 1 aliphatic rings. The molecule has 0 aromatic heterocycles. The van der Waals surface area contributed by atoms with Gasteiger partial charge < -0.3 is 33.6 Å². The molecule has 0 saturated carbocycles. The molecule has 228 valence electrons. The predicted molar refractivity (Wildman–Crippen MR) is 167 cm³/mol. The minimum Gasteiger partial charge on any atom is -0.493 e. The number of rotatable bonds is 11. The van der Waals surface area contributed by atoms with E-state index in [1.165, 1.54) is 10.4 Å². The monoisotopic (exact) mass is 594 g/mol. The van der Waals surface area contributed by atoms with E-state index in [0.29, 0.717) is 18.1 Å². The Kier molecular flexibility index (Phi) is 10.5. The summed E-state index contributed by atoms with van der Waals surface area (Å²) < 4.78 is 31.0. The Balaban J connectivity index is 1.68. The van der Waals surface area contributed by atoms with Gasteiger partial charge in [-0.25, -0.2) is 0 Å². The van der Waals surface area contributed by atoms with Crippen molar-refractivity contribution in [3.8, 4) is 11.5 Å². The van der Waals surface area contributed by atoms with Crippen LogP contribution in [0.5, 0.6) is 11.5 Å². The molecule has 1 heterocycles. The van der Waals surface area contributed by atoms with Crippen LogP contribution in [0, 0.1) is 11.8 Å². The van der Waals surface area contributed by atoms with Crippen LogP contribution in [-0.4, -0.2) is 64.3 Å². The smallest absolute Gasteiger partial charge is 0.261 e. The Hall–Kier alpha value is -2.72. The first-order valence-corrected chi connectivity index (χ1v) is 16.5. The van der Waals surface area contributed by atoms with Crippen molar-refractivity contribution in [1.29, 1.82) is 0 Å². The fourth-order valence-electron chi connectivity index (χ4n) is 6.22. The van der Waals surface area contributed by atoms with E-state index in [4.69, 9.17) is 23.4 Å². The zero-order chi connectivity index (χ0) is 30.5. The topological polar surface area (TPSA) is 86.6 Å². The molecule has 1 saturated heterocycles. The largest absolute Gasteiger partial charge is 0.493 e. The summed E-state index contributed by atoms with van der Waals surface area (Å²) in [6, 6.07) is 26.6. The van der Waals surface area contributed by atoms with Crippen LogP contribution in [0.25, 0.3) is 0 Å². The van der Waals surface area contributed by atoms with Gasteiger partial charge in [0.1, 0.15) is 6.10 Å². The van der Waals surface area contributed by atoms with E-state index in [1.54, 1.807) is 20.3 Å². The van der Waals surface area contributed by atoms with Crippen molar-refractivity contribution in [3.63, 3.8) is 0 Å². The Morgan fingerprint density at radius 2 is 1.38 bits per heavy atom. The molecule has 1 fully saturated rings. The zero-order valence-corrected chi connectivity index (χ0v) is 26.8. The summed E-state index contributed by atoms with van der Waals surface area (Å²) in [5, 5.41) is 22.9. The van der Waals surface area contributed by atoms with Gasteiger partial charge in [0.2, 0.25) is 0 Å². The first kappa shape index (κ1) is 32.2. The van der Waals surface area contributed by atoms with Gasteiger partial charge in [-0.2, -0.15) is 0 Å². The summed E-state index contributed by atoms with van der Waals surface area (Å²) in [5.41, 5.74) is 0.736. The lowest BCUT2D eigenvalue weighted by Gasteiger charge is -2.46. The summed E-state index contributed by atoms with van der Waals surface area (Å²) in [6.07, 6.45) is -2.78. The summed E-state index contributed by atoms with van der Waals surface area (Å²) >= 11 is 0. The van der Waals surface area contributed by atoms with E-state index < -0.39 is 33.4 Å². The first-order chi connectivity index (χ1) is 20.1. The molecule has 42 heavy (non-hydrogen) atoms. The number of aliphatic hydroxyl groups is 2. The Labute approximate surface area is 251 Å². The van der Waals surface area contributed by atoms with Crippen molar-refractivity contribution in [2.45, 2.75) is 64.3 Å². The van der Waals surface area contributed by atoms with E-state index in [0.717, 1.165) is 5.56 Å². The molecule has 0 aliphatic carbocycles. The fraction of sp³-hybridized carbons (Fsp3) is 0.471. The van der Waals surface area contributed by atoms with Crippen molar-refractivity contribution < 1.29 is 33.6 Å². The first-order valence-electron chi connectivity index (χ1n) is 14.6. The molecule has 1 aliphatic heterocycles. The summed E-state index contributed by atoms with van der Waals surface area (Å²) in [6.45, 7) is 10.9. The van der Waals surface area contributed by atoms with E-state index in [-0.39, 0.29) is 23.0 Å². The molecule has 0 radical (unpaired) electrons. The lowest BCUT2D eigenvalue weighted by Crippen LogP contribution is -2.67. The highest BCUT2D eigenvalue weighted by atomic mass is 28.4. The maximum absolute atomic E-state index is 10.8. The van der Waals surface area contributed by atoms with Crippen molar-refractivity contribution in [2.75, 3.05) is 27.4 Å². The number of hydrogen-bond donors (Lipinski definition) is 2. The third kappa shape index (κ3) is 6.44. The molecule has 3 aromatic rings. The second kappa shape index (κ2) is 13.7. The van der Waals surface area contributed by atoms with Gasteiger partial charge in [0.05, 0.1) is 33.0 Å². The highest BCUT2D eigenvalue weighted by Gasteiger charge is 2.51. The van der Waals surface area contributed by atoms with Gasteiger partial charge in [0.25, 0.3) is 8.32 Å². The second-order valence-corrected chi connectivity index (χ2v) is 16.5. The van der Waals surface area contributed by atoms with Gasteiger partial charge in [-0.05, 0) is 27.5 Å². The molecule has 7 nitrogen and oxygen atoms in total. The van der Waals surface area contributed by atoms with Gasteiger partial charge in [0, 0.05) is 24.0 Å². The van der Waals surface area contributed by atoms with Gasteiger partial charge >= 0.3 is 0 Å². The van der Waals surface area contributed by atoms with Crippen LogP contribution in [0.3, 0.4) is 0 Å². The van der Waals surface area contributed by atoms with Crippen LogP contribution < -0.4 is 19.8 Å². The summed E-state index contributed by atoms with van der Waals surface area (Å²) in [4.78, 5) is 0. The van der Waals surface area contributed by atoms with E-state index in [1.807, 2.05) is 31.2 Å². The van der Waals surface area contributed by atoms with E-state index in [2.05, 4.69) is 76.2 Å². The molecule has 3 aromatic carbocycles. The standard InChI is InChI=1S/C34H46O7Si/c1-23(22-39-42(34(3,4)5,26-14-10-8-11-15-26)27-16-12-9-13-17-27)31-24(2)32(28(36)21-35)41-33(40-31)25-18-19-29(37-6)30(20-25)38-7/h8-20,23-24,28,31-33,35-36H,21-22H2,1-7H3/t23-,24-,28-,31+,32-,33+/m1/s1. The normalized spacial score (nSPS) is 22.8. The van der Waals surface area contributed by atoms with Crippen molar-refractivity contribution >= 4 is 18.7 Å². The van der Waals surface area contributed by atoms with Gasteiger partial charge in [-0.1, -0.05) is 101 Å². The van der Waals surface area contributed by atoms with Crippen LogP contribution in [0.4, 0.5) is 0 Å². The average molecular weight is 595 g/mol. The number of ether oxygens (including phenoxy) is 4. The number of aliphatic hydroxyl groups excluding tert-OH is 2. The SMILES string of the molecule is COc1ccc([C@H]2O[C@@H]([C@H](C)CO[Si](c3ccccc3)(c3ccccc3)C(C)(C)C)[C@@H](C)[C@H]([C@H](O)CO)O2)cc1OC. The minimum absolute atomic E-state index is 0.0541. The van der Waals surface area contributed by atoms with E-state index >= 15 is 0 Å². The van der Waals surface area contributed by atoms with E-state index in [9.17, 15) is 10.2 Å². The average Bonchev–Trinajstić information content (AvgIpc) is 3.01. The molecular weight excluding hydrogens is 548 g/mol. The van der Waals surface area contributed by atoms with Crippen LogP contribution in [0.1, 0.15) is 46.5 Å². The Bertz CT molecular complexity index is 1220. The predicted octanol–water partition coefficient (Wildman–Crippen LogP) is 4.69. The Morgan fingerprint density at radius 3 is 1.88 bits per heavy atom. The van der Waals surface area contributed by atoms with Crippen LogP contribution >= 0.6 is 0 Å². The van der Waals surface area contributed by atoms with Crippen molar-refractivity contribution in [3.05, 3.63) is 84.4 Å². The second-order valence-electron chi connectivity index (χ2n) is 12.2. The zero-order valence-electron chi connectivity index (χ0n) is 25.8. The van der Waals surface area contributed by atoms with Gasteiger partial charge in [-0.15, -0.1) is 0 Å². The molecule has 8 heteroatoms. The maximum Gasteiger partial charge on any atom is 0.261 e. The fourth-order valence-corrected chi connectivity index (χ4v) is 10.9. The third-order valence-corrected chi connectivity index (χ3v) is 13.4. The van der Waals surface area contributed by atoms with Crippen LogP contribution in [-0.2, 0) is 13.9 Å². The van der Waals surface area contributed by atoms with Crippen LogP contribution in [0.15, 0.2) is 78.9 Å². The molecular formula is C34H46O7Si.